The first-order valence-electron chi connectivity index (χ1n) is 11.2. The van der Waals surface area contributed by atoms with Crippen LogP contribution in [0.4, 0.5) is 11.5 Å². The summed E-state index contributed by atoms with van der Waals surface area (Å²) >= 11 is 1.44. The summed E-state index contributed by atoms with van der Waals surface area (Å²) in [5.41, 5.74) is 2.70. The van der Waals surface area contributed by atoms with E-state index in [2.05, 4.69) is 25.7 Å². The molecule has 3 heterocycles. The van der Waals surface area contributed by atoms with Crippen molar-refractivity contribution in [2.24, 2.45) is 0 Å². The fourth-order valence-corrected chi connectivity index (χ4v) is 4.88. The summed E-state index contributed by atoms with van der Waals surface area (Å²) < 4.78 is 5.39. The Balaban J connectivity index is 1.20. The molecule has 174 valence electrons. The Bertz CT molecular complexity index is 1280. The number of aromatic nitrogens is 2. The first kappa shape index (κ1) is 22.1. The number of carbonyl (C=O) groups is 2. The second-order valence-electron chi connectivity index (χ2n) is 8.07. The van der Waals surface area contributed by atoms with Crippen LogP contribution in [0, 0.1) is 0 Å². The smallest absolute Gasteiger partial charge is 0.256 e. The number of ether oxygens (including phenoxy) is 1. The third-order valence-electron chi connectivity index (χ3n) is 5.71. The van der Waals surface area contributed by atoms with Gasteiger partial charge in [-0.15, -0.1) is 11.3 Å². The first-order chi connectivity index (χ1) is 16.7. The van der Waals surface area contributed by atoms with Crippen molar-refractivity contribution in [3.63, 3.8) is 0 Å². The highest BCUT2D eigenvalue weighted by Crippen LogP contribution is 2.30. The summed E-state index contributed by atoms with van der Waals surface area (Å²) in [5, 5.41) is 13.8. The number of rotatable bonds is 7. The summed E-state index contributed by atoms with van der Waals surface area (Å²) in [6.45, 7) is 3.63. The molecule has 1 aliphatic heterocycles. The van der Waals surface area contributed by atoms with Crippen LogP contribution in [0.3, 0.4) is 0 Å². The van der Waals surface area contributed by atoms with Gasteiger partial charge in [-0.3, -0.25) is 14.7 Å². The molecule has 1 saturated heterocycles. The van der Waals surface area contributed by atoms with Crippen molar-refractivity contribution in [2.75, 3.05) is 36.5 Å². The van der Waals surface area contributed by atoms with Crippen LogP contribution in [-0.2, 0) is 22.5 Å². The molecule has 0 atom stereocenters. The maximum absolute atomic E-state index is 12.8. The van der Waals surface area contributed by atoms with Gasteiger partial charge in [-0.05, 0) is 35.9 Å². The van der Waals surface area contributed by atoms with Gasteiger partial charge in [0, 0.05) is 35.8 Å². The maximum Gasteiger partial charge on any atom is 0.256 e. The second-order valence-corrected chi connectivity index (χ2v) is 9.18. The van der Waals surface area contributed by atoms with Crippen molar-refractivity contribution >= 4 is 44.9 Å². The van der Waals surface area contributed by atoms with E-state index < -0.39 is 0 Å². The van der Waals surface area contributed by atoms with E-state index in [1.54, 1.807) is 0 Å². The molecule has 0 spiro atoms. The molecule has 0 saturated carbocycles. The Morgan fingerprint density at radius 1 is 1.06 bits per heavy atom. The number of hydrogen-bond acceptors (Lipinski definition) is 6. The minimum atomic E-state index is -0.215. The van der Waals surface area contributed by atoms with E-state index in [-0.39, 0.29) is 18.2 Å². The van der Waals surface area contributed by atoms with Crippen molar-refractivity contribution in [1.29, 1.82) is 0 Å². The van der Waals surface area contributed by atoms with Gasteiger partial charge in [0.2, 0.25) is 5.91 Å². The highest BCUT2D eigenvalue weighted by atomic mass is 32.1. The van der Waals surface area contributed by atoms with Gasteiger partial charge < -0.3 is 20.3 Å². The predicted octanol–water partition coefficient (Wildman–Crippen LogP) is 3.57. The summed E-state index contributed by atoms with van der Waals surface area (Å²) in [7, 11) is 0. The van der Waals surface area contributed by atoms with Gasteiger partial charge in [0.1, 0.15) is 10.6 Å². The zero-order valence-corrected chi connectivity index (χ0v) is 19.4. The number of fused-ring (bicyclic) bond motifs is 1. The zero-order valence-electron chi connectivity index (χ0n) is 18.5. The summed E-state index contributed by atoms with van der Waals surface area (Å²) in [6, 6.07) is 19.3. The van der Waals surface area contributed by atoms with E-state index in [1.165, 1.54) is 11.3 Å². The molecule has 3 N–H and O–H groups in total. The van der Waals surface area contributed by atoms with Crippen LogP contribution < -0.4 is 15.5 Å². The Hall–Kier alpha value is -3.69. The van der Waals surface area contributed by atoms with Crippen molar-refractivity contribution in [3.8, 4) is 0 Å². The Morgan fingerprint density at radius 3 is 2.59 bits per heavy atom. The highest BCUT2D eigenvalue weighted by molar-refractivity contribution is 7.18. The van der Waals surface area contributed by atoms with E-state index >= 15 is 0 Å². The number of aromatic amines is 1. The molecular formula is C25H25N5O3S. The minimum absolute atomic E-state index is 0.0531. The molecule has 8 nitrogen and oxygen atoms in total. The molecule has 5 rings (SSSR count). The van der Waals surface area contributed by atoms with Crippen molar-refractivity contribution in [2.45, 2.75) is 13.0 Å². The van der Waals surface area contributed by atoms with Crippen LogP contribution in [0.1, 0.15) is 20.8 Å². The van der Waals surface area contributed by atoms with E-state index in [9.17, 15) is 9.59 Å². The molecule has 0 unspecified atom stereocenters. The van der Waals surface area contributed by atoms with E-state index in [0.717, 1.165) is 52.6 Å². The van der Waals surface area contributed by atoms with E-state index in [0.29, 0.717) is 17.9 Å². The Morgan fingerprint density at radius 2 is 1.82 bits per heavy atom. The molecule has 2 aromatic heterocycles. The SMILES string of the molecule is O=C(Cc1cc2c(NC(=O)c3ccc(N4CCOCC4)cc3)[nH]nc2s1)NCc1ccccc1. The van der Waals surface area contributed by atoms with Gasteiger partial charge in [-0.2, -0.15) is 5.10 Å². The highest BCUT2D eigenvalue weighted by Gasteiger charge is 2.16. The largest absolute Gasteiger partial charge is 0.378 e. The average Bonchev–Trinajstić information content (AvgIpc) is 3.45. The number of thiophene rings is 1. The number of hydrogen-bond donors (Lipinski definition) is 3. The number of H-pyrrole nitrogens is 1. The van der Waals surface area contributed by atoms with Gasteiger partial charge in [0.25, 0.3) is 5.91 Å². The lowest BCUT2D eigenvalue weighted by Crippen LogP contribution is -2.36. The maximum atomic E-state index is 12.8. The number of nitrogens with zero attached hydrogens (tertiary/aromatic N) is 2. The topological polar surface area (TPSA) is 99.4 Å². The fraction of sp³-hybridized carbons (Fsp3) is 0.240. The van der Waals surface area contributed by atoms with Crippen LogP contribution in [0.25, 0.3) is 10.2 Å². The molecular weight excluding hydrogens is 450 g/mol. The molecule has 1 aliphatic rings. The van der Waals surface area contributed by atoms with Gasteiger partial charge in [0.15, 0.2) is 0 Å². The number of carbonyl (C=O) groups excluding carboxylic acids is 2. The summed E-state index contributed by atoms with van der Waals surface area (Å²) in [6.07, 6.45) is 0.268. The van der Waals surface area contributed by atoms with Gasteiger partial charge in [0.05, 0.1) is 25.0 Å². The van der Waals surface area contributed by atoms with Gasteiger partial charge >= 0.3 is 0 Å². The molecule has 0 aliphatic carbocycles. The lowest BCUT2D eigenvalue weighted by molar-refractivity contribution is -0.120. The molecule has 34 heavy (non-hydrogen) atoms. The number of anilines is 2. The molecule has 9 heteroatoms. The number of amides is 2. The Labute approximate surface area is 200 Å². The third-order valence-corrected chi connectivity index (χ3v) is 6.74. The van der Waals surface area contributed by atoms with Crippen LogP contribution in [0.15, 0.2) is 60.7 Å². The minimum Gasteiger partial charge on any atom is -0.378 e. The predicted molar refractivity (Wildman–Crippen MR) is 133 cm³/mol. The van der Waals surface area contributed by atoms with E-state index in [4.69, 9.17) is 4.74 Å². The quantitative estimate of drug-likeness (QED) is 0.380. The number of morpholine rings is 1. The zero-order chi connectivity index (χ0) is 23.3. The summed E-state index contributed by atoms with van der Waals surface area (Å²) in [5.74, 6) is 0.263. The van der Waals surface area contributed by atoms with Crippen LogP contribution in [0.5, 0.6) is 0 Å². The van der Waals surface area contributed by atoms with Crippen LogP contribution in [0.2, 0.25) is 0 Å². The van der Waals surface area contributed by atoms with Crippen LogP contribution >= 0.6 is 11.3 Å². The normalized spacial score (nSPS) is 13.7. The first-order valence-corrected chi connectivity index (χ1v) is 12.0. The second kappa shape index (κ2) is 10.1. The fourth-order valence-electron chi connectivity index (χ4n) is 3.89. The molecule has 2 aromatic carbocycles. The van der Waals surface area contributed by atoms with Crippen LogP contribution in [-0.4, -0.2) is 48.3 Å². The lowest BCUT2D eigenvalue weighted by Gasteiger charge is -2.28. The molecule has 2 amide bonds. The van der Waals surface area contributed by atoms with Crippen molar-refractivity contribution in [1.82, 2.24) is 15.5 Å². The van der Waals surface area contributed by atoms with Gasteiger partial charge in [-0.1, -0.05) is 30.3 Å². The molecule has 0 radical (unpaired) electrons. The molecule has 0 bridgehead atoms. The standard InChI is InChI=1S/C25H25N5O3S/c31-22(26-16-17-4-2-1-3-5-17)15-20-14-21-23(28-29-25(21)34-20)27-24(32)18-6-8-19(9-7-18)30-10-12-33-13-11-30/h1-9,14H,10-13,15-16H2,(H,26,31)(H2,27,28,29,32). The molecule has 4 aromatic rings. The van der Waals surface area contributed by atoms with E-state index in [1.807, 2.05) is 60.7 Å². The van der Waals surface area contributed by atoms with Crippen molar-refractivity contribution < 1.29 is 14.3 Å². The number of nitrogens with one attached hydrogen (secondary N) is 3. The monoisotopic (exact) mass is 475 g/mol. The molecule has 1 fully saturated rings. The lowest BCUT2D eigenvalue weighted by atomic mass is 10.1. The average molecular weight is 476 g/mol. The van der Waals surface area contributed by atoms with Crippen molar-refractivity contribution in [3.05, 3.63) is 76.7 Å². The summed E-state index contributed by atoms with van der Waals surface area (Å²) in [4.78, 5) is 29.0. The number of benzene rings is 2. The Kier molecular flexibility index (Phi) is 6.55. The van der Waals surface area contributed by atoms with Gasteiger partial charge in [-0.25, -0.2) is 0 Å². The third kappa shape index (κ3) is 5.11.